The number of nitrogens with zero attached hydrogens (tertiary/aromatic N) is 2. The number of hydrogen-bond acceptors (Lipinski definition) is 3. The van der Waals surface area contributed by atoms with E-state index in [0.29, 0.717) is 0 Å². The molecule has 0 bridgehead atoms. The number of rotatable bonds is 1. The third-order valence-corrected chi connectivity index (χ3v) is 2.66. The molecule has 1 amide bonds. The molecule has 1 aliphatic heterocycles. The van der Waals surface area contributed by atoms with Crippen LogP contribution in [0.2, 0.25) is 0 Å². The minimum Gasteiger partial charge on any atom is -0.312 e. The van der Waals surface area contributed by atoms with E-state index in [4.69, 9.17) is 0 Å². The Morgan fingerprint density at radius 2 is 2.36 bits per heavy atom. The van der Waals surface area contributed by atoms with E-state index >= 15 is 0 Å². The number of hydrogen-bond donors (Lipinski definition) is 0. The first kappa shape index (κ1) is 9.27. The number of amides is 1. The molecule has 0 atom stereocenters. The number of benzene rings is 1. The quantitative estimate of drug-likeness (QED) is 0.703. The largest absolute Gasteiger partial charge is 0.312 e. The molecule has 4 heteroatoms. The highest BCUT2D eigenvalue weighted by Crippen LogP contribution is 2.31. The zero-order valence-electron chi connectivity index (χ0n) is 7.86. The summed E-state index contributed by atoms with van der Waals surface area (Å²) in [5.41, 5.74) is 2.90. The van der Waals surface area contributed by atoms with Gasteiger partial charge >= 0.3 is 0 Å². The van der Waals surface area contributed by atoms with Crippen molar-refractivity contribution in [2.75, 3.05) is 11.4 Å². The Bertz CT molecular complexity index is 403. The molecule has 2 rings (SSSR count). The van der Waals surface area contributed by atoms with E-state index in [2.05, 4.69) is 16.8 Å². The van der Waals surface area contributed by atoms with Crippen molar-refractivity contribution in [1.29, 1.82) is 0 Å². The molecule has 1 aromatic rings. The first-order chi connectivity index (χ1) is 6.72. The van der Waals surface area contributed by atoms with Gasteiger partial charge in [0.05, 0.1) is 5.69 Å². The third kappa shape index (κ3) is 1.42. The van der Waals surface area contributed by atoms with E-state index in [1.165, 1.54) is 5.56 Å². The average Bonchev–Trinajstić information content (AvgIpc) is 2.59. The summed E-state index contributed by atoms with van der Waals surface area (Å²) in [6.45, 7) is 2.35. The average molecular weight is 206 g/mol. The van der Waals surface area contributed by atoms with Crippen molar-refractivity contribution in [3.05, 3.63) is 23.8 Å². The Morgan fingerprint density at radius 3 is 3.00 bits per heavy atom. The Morgan fingerprint density at radius 1 is 1.57 bits per heavy atom. The van der Waals surface area contributed by atoms with Crippen LogP contribution >= 0.6 is 0 Å². The van der Waals surface area contributed by atoms with Gasteiger partial charge in [0.1, 0.15) is 0 Å². The summed E-state index contributed by atoms with van der Waals surface area (Å²) in [5, 5.41) is 0. The lowest BCUT2D eigenvalue weighted by molar-refractivity contribution is -0.116. The van der Waals surface area contributed by atoms with Gasteiger partial charge < -0.3 is 4.90 Å². The van der Waals surface area contributed by atoms with E-state index in [1.807, 2.05) is 18.2 Å². The fraction of sp³-hybridized carbons (Fsp3) is 0.300. The van der Waals surface area contributed by atoms with Crippen LogP contribution in [0.3, 0.4) is 0 Å². The fourth-order valence-electron chi connectivity index (χ4n) is 1.75. The van der Waals surface area contributed by atoms with Crippen LogP contribution in [-0.4, -0.2) is 12.5 Å². The maximum absolute atomic E-state index is 11.3. The molecule has 1 heterocycles. The highest BCUT2D eigenvalue weighted by Gasteiger charge is 2.21. The molecule has 72 valence electrons. The molecule has 0 saturated carbocycles. The van der Waals surface area contributed by atoms with Gasteiger partial charge in [0, 0.05) is 31.6 Å². The molecule has 0 saturated heterocycles. The first-order valence-corrected chi connectivity index (χ1v) is 4.83. The number of carbonyl (C=O) groups excluding carboxylic acids is 1. The van der Waals surface area contributed by atoms with Crippen LogP contribution in [0.4, 0.5) is 11.4 Å². The Balaban J connectivity index is 2.46. The number of carbonyl (C=O) groups is 1. The first-order valence-electron chi connectivity index (χ1n) is 4.47. The molecule has 0 aliphatic carbocycles. The smallest absolute Gasteiger partial charge is 0.223 e. The molecular weight excluding hydrogens is 196 g/mol. The Kier molecular flexibility index (Phi) is 2.29. The highest BCUT2D eigenvalue weighted by atomic mass is 32.1. The lowest BCUT2D eigenvalue weighted by Gasteiger charge is -2.14. The maximum Gasteiger partial charge on any atom is 0.223 e. The van der Waals surface area contributed by atoms with Crippen LogP contribution in [0.1, 0.15) is 12.5 Å². The molecule has 0 spiro atoms. The molecule has 0 unspecified atom stereocenters. The lowest BCUT2D eigenvalue weighted by atomic mass is 10.1. The summed E-state index contributed by atoms with van der Waals surface area (Å²) in [6, 6.07) is 5.75. The molecule has 0 aromatic heterocycles. The number of anilines is 1. The molecule has 14 heavy (non-hydrogen) atoms. The van der Waals surface area contributed by atoms with E-state index in [-0.39, 0.29) is 5.91 Å². The predicted molar refractivity (Wildman–Crippen MR) is 57.6 cm³/mol. The second kappa shape index (κ2) is 3.46. The van der Waals surface area contributed by atoms with Crippen LogP contribution in [0.25, 0.3) is 0 Å². The lowest BCUT2D eigenvalue weighted by Crippen LogP contribution is -2.25. The van der Waals surface area contributed by atoms with E-state index in [1.54, 1.807) is 11.8 Å². The molecule has 0 fully saturated rings. The van der Waals surface area contributed by atoms with Crippen LogP contribution in [0.5, 0.6) is 0 Å². The molecular formula is C10H10N2OS. The highest BCUT2D eigenvalue weighted by molar-refractivity contribution is 7.47. The summed E-state index contributed by atoms with van der Waals surface area (Å²) >= 11 is 4.62. The van der Waals surface area contributed by atoms with Gasteiger partial charge in [0.15, 0.2) is 0 Å². The van der Waals surface area contributed by atoms with Gasteiger partial charge in [-0.3, -0.25) is 4.79 Å². The SMILES string of the molecule is CC(=O)N1CCc2ccc(N=S)cc21. The third-order valence-electron chi connectivity index (χ3n) is 2.45. The van der Waals surface area contributed by atoms with Gasteiger partial charge in [0.25, 0.3) is 0 Å². The molecule has 1 aromatic carbocycles. The molecule has 1 aliphatic rings. The van der Waals surface area contributed by atoms with E-state index < -0.39 is 0 Å². The second-order valence-corrected chi connectivity index (χ2v) is 3.51. The minimum absolute atomic E-state index is 0.0743. The Labute approximate surface area is 87.9 Å². The van der Waals surface area contributed by atoms with Crippen LogP contribution in [-0.2, 0) is 23.6 Å². The van der Waals surface area contributed by atoms with Crippen molar-refractivity contribution >= 4 is 29.7 Å². The van der Waals surface area contributed by atoms with Gasteiger partial charge in [-0.15, -0.1) is 0 Å². The minimum atomic E-state index is 0.0743. The molecule has 0 N–H and O–H groups in total. The monoisotopic (exact) mass is 206 g/mol. The van der Waals surface area contributed by atoms with Gasteiger partial charge in [-0.25, -0.2) is 0 Å². The summed E-state index contributed by atoms with van der Waals surface area (Å²) in [5.74, 6) is 0.0743. The predicted octanol–water partition coefficient (Wildman–Crippen LogP) is 1.96. The van der Waals surface area contributed by atoms with Crippen LogP contribution < -0.4 is 4.90 Å². The zero-order chi connectivity index (χ0) is 10.1. The van der Waals surface area contributed by atoms with E-state index in [0.717, 1.165) is 24.3 Å². The topological polar surface area (TPSA) is 32.7 Å². The van der Waals surface area contributed by atoms with Crippen molar-refractivity contribution in [3.63, 3.8) is 0 Å². The Hall–Kier alpha value is -1.29. The molecule has 0 radical (unpaired) electrons. The zero-order valence-corrected chi connectivity index (χ0v) is 8.67. The normalized spacial score (nSPS) is 13.9. The second-order valence-electron chi connectivity index (χ2n) is 3.32. The van der Waals surface area contributed by atoms with Gasteiger partial charge in [-0.1, -0.05) is 6.07 Å². The van der Waals surface area contributed by atoms with Crippen molar-refractivity contribution < 1.29 is 4.79 Å². The maximum atomic E-state index is 11.3. The fourth-order valence-corrected chi connectivity index (χ4v) is 1.87. The van der Waals surface area contributed by atoms with Crippen molar-refractivity contribution in [2.45, 2.75) is 13.3 Å². The summed E-state index contributed by atoms with van der Waals surface area (Å²) in [7, 11) is 0. The van der Waals surface area contributed by atoms with Gasteiger partial charge in [-0.2, -0.15) is 4.36 Å². The van der Waals surface area contributed by atoms with Crippen molar-refractivity contribution in [1.82, 2.24) is 0 Å². The summed E-state index contributed by atoms with van der Waals surface area (Å²) in [6.07, 6.45) is 0.923. The number of fused-ring (bicyclic) bond motifs is 1. The van der Waals surface area contributed by atoms with Crippen LogP contribution in [0.15, 0.2) is 22.6 Å². The summed E-state index contributed by atoms with van der Waals surface area (Å²) < 4.78 is 3.69. The standard InChI is InChI=1S/C10H10N2OS/c1-7(13)12-5-4-8-2-3-9(11-14)6-10(8)12/h2-3,6H,4-5H2,1H3. The van der Waals surface area contributed by atoms with Crippen molar-refractivity contribution in [2.24, 2.45) is 4.36 Å². The summed E-state index contributed by atoms with van der Waals surface area (Å²) in [4.78, 5) is 13.0. The van der Waals surface area contributed by atoms with Gasteiger partial charge in [-0.05, 0) is 24.1 Å². The van der Waals surface area contributed by atoms with Gasteiger partial charge in [0.2, 0.25) is 5.91 Å². The van der Waals surface area contributed by atoms with Crippen LogP contribution in [0, 0.1) is 0 Å². The van der Waals surface area contributed by atoms with E-state index in [9.17, 15) is 4.79 Å². The molecule has 3 nitrogen and oxygen atoms in total. The van der Waals surface area contributed by atoms with Crippen molar-refractivity contribution in [3.8, 4) is 0 Å².